The van der Waals surface area contributed by atoms with Crippen LogP contribution in [0.3, 0.4) is 0 Å². The van der Waals surface area contributed by atoms with Gasteiger partial charge in [-0.1, -0.05) is 12.1 Å². The first-order valence-electron chi connectivity index (χ1n) is 5.94. The summed E-state index contributed by atoms with van der Waals surface area (Å²) in [4.78, 5) is 8.56. The lowest BCUT2D eigenvalue weighted by molar-refractivity contribution is 0.618. The van der Waals surface area contributed by atoms with Crippen molar-refractivity contribution in [2.75, 3.05) is 5.73 Å². The van der Waals surface area contributed by atoms with Crippen molar-refractivity contribution < 1.29 is 4.39 Å². The molecule has 5 heteroatoms. The number of hydrogen-bond acceptors (Lipinski definition) is 3. The number of benzene rings is 1. The standard InChI is InChI=1S/C14H13FN4/c1-8-6-7-17-13-11(8)18-14(16)19(13)12-9(2)4-3-5-10(12)15/h3-7H,1-2H3,(H2,16,18). The molecule has 4 nitrogen and oxygen atoms in total. The predicted molar refractivity (Wildman–Crippen MR) is 72.7 cm³/mol. The Bertz CT molecular complexity index is 756. The minimum absolute atomic E-state index is 0.241. The van der Waals surface area contributed by atoms with Crippen LogP contribution in [-0.4, -0.2) is 14.5 Å². The van der Waals surface area contributed by atoms with Crippen molar-refractivity contribution in [2.45, 2.75) is 13.8 Å². The number of rotatable bonds is 1. The minimum atomic E-state index is -0.339. The van der Waals surface area contributed by atoms with Crippen LogP contribution < -0.4 is 5.73 Å². The van der Waals surface area contributed by atoms with Gasteiger partial charge in [0.2, 0.25) is 5.95 Å². The van der Waals surface area contributed by atoms with Crippen LogP contribution in [0.25, 0.3) is 16.9 Å². The van der Waals surface area contributed by atoms with Gasteiger partial charge in [0.25, 0.3) is 0 Å². The van der Waals surface area contributed by atoms with Crippen molar-refractivity contribution in [1.29, 1.82) is 0 Å². The second-order valence-corrected chi connectivity index (χ2v) is 4.51. The third kappa shape index (κ3) is 1.66. The number of nitrogen functional groups attached to an aromatic ring is 1. The average molecular weight is 256 g/mol. The van der Waals surface area contributed by atoms with Crippen LogP contribution in [0.2, 0.25) is 0 Å². The molecule has 19 heavy (non-hydrogen) atoms. The van der Waals surface area contributed by atoms with E-state index in [0.29, 0.717) is 16.9 Å². The Morgan fingerprint density at radius 1 is 1.16 bits per heavy atom. The van der Waals surface area contributed by atoms with Gasteiger partial charge in [-0.2, -0.15) is 0 Å². The lowest BCUT2D eigenvalue weighted by Gasteiger charge is -2.10. The smallest absolute Gasteiger partial charge is 0.207 e. The molecule has 0 atom stereocenters. The van der Waals surface area contributed by atoms with Crippen LogP contribution in [0.1, 0.15) is 11.1 Å². The molecular weight excluding hydrogens is 243 g/mol. The second-order valence-electron chi connectivity index (χ2n) is 4.51. The lowest BCUT2D eigenvalue weighted by Crippen LogP contribution is -2.05. The molecule has 0 unspecified atom stereocenters. The molecule has 1 aromatic carbocycles. The van der Waals surface area contributed by atoms with Gasteiger partial charge in [0, 0.05) is 6.20 Å². The molecule has 2 N–H and O–H groups in total. The van der Waals surface area contributed by atoms with E-state index in [1.165, 1.54) is 6.07 Å². The third-order valence-electron chi connectivity index (χ3n) is 3.19. The Kier molecular flexibility index (Phi) is 2.48. The summed E-state index contributed by atoms with van der Waals surface area (Å²) in [5.41, 5.74) is 9.36. The fraction of sp³-hybridized carbons (Fsp3) is 0.143. The largest absolute Gasteiger partial charge is 0.369 e. The molecule has 0 saturated carbocycles. The number of fused-ring (bicyclic) bond motifs is 1. The van der Waals surface area contributed by atoms with Crippen LogP contribution in [0.5, 0.6) is 0 Å². The fourth-order valence-electron chi connectivity index (χ4n) is 2.24. The summed E-state index contributed by atoms with van der Waals surface area (Å²) in [6.07, 6.45) is 1.67. The molecule has 0 bridgehead atoms. The van der Waals surface area contributed by atoms with Crippen LogP contribution in [-0.2, 0) is 0 Å². The van der Waals surface area contributed by atoms with Crippen molar-refractivity contribution in [3.05, 3.63) is 47.4 Å². The molecular formula is C14H13FN4. The molecule has 2 heterocycles. The summed E-state index contributed by atoms with van der Waals surface area (Å²) in [6, 6.07) is 6.76. The number of pyridine rings is 1. The van der Waals surface area contributed by atoms with Gasteiger partial charge in [-0.05, 0) is 37.1 Å². The van der Waals surface area contributed by atoms with E-state index in [9.17, 15) is 4.39 Å². The van der Waals surface area contributed by atoms with E-state index in [0.717, 1.165) is 11.1 Å². The molecule has 0 amide bonds. The molecule has 0 radical (unpaired) electrons. The highest BCUT2D eigenvalue weighted by Gasteiger charge is 2.17. The summed E-state index contributed by atoms with van der Waals surface area (Å²) in [5.74, 6) is -0.0979. The van der Waals surface area contributed by atoms with Gasteiger partial charge in [0.15, 0.2) is 5.65 Å². The highest BCUT2D eigenvalue weighted by atomic mass is 19.1. The van der Waals surface area contributed by atoms with E-state index in [1.807, 2.05) is 26.0 Å². The number of nitrogens with zero attached hydrogens (tertiary/aromatic N) is 3. The van der Waals surface area contributed by atoms with E-state index in [-0.39, 0.29) is 11.8 Å². The SMILES string of the molecule is Cc1cccc(F)c1-n1c(N)nc2c(C)ccnc21. The molecule has 0 spiro atoms. The molecule has 2 aromatic heterocycles. The first-order valence-corrected chi connectivity index (χ1v) is 5.94. The number of para-hydroxylation sites is 1. The number of imidazole rings is 1. The fourth-order valence-corrected chi connectivity index (χ4v) is 2.24. The van der Waals surface area contributed by atoms with Gasteiger partial charge in [-0.3, -0.25) is 4.57 Å². The van der Waals surface area contributed by atoms with Crippen LogP contribution >= 0.6 is 0 Å². The summed E-state index contributed by atoms with van der Waals surface area (Å²) in [6.45, 7) is 3.76. The van der Waals surface area contributed by atoms with Gasteiger partial charge in [0.05, 0.1) is 5.69 Å². The molecule has 0 saturated heterocycles. The molecule has 0 aliphatic rings. The Hall–Kier alpha value is -2.43. The quantitative estimate of drug-likeness (QED) is 0.728. The van der Waals surface area contributed by atoms with Crippen LogP contribution in [0, 0.1) is 19.7 Å². The zero-order chi connectivity index (χ0) is 13.6. The first kappa shape index (κ1) is 11.6. The zero-order valence-corrected chi connectivity index (χ0v) is 10.7. The van der Waals surface area contributed by atoms with Crippen LogP contribution in [0.15, 0.2) is 30.5 Å². The summed E-state index contributed by atoms with van der Waals surface area (Å²) in [7, 11) is 0. The molecule has 3 aromatic rings. The average Bonchev–Trinajstić information content (AvgIpc) is 2.68. The van der Waals surface area contributed by atoms with E-state index >= 15 is 0 Å². The Morgan fingerprint density at radius 3 is 2.68 bits per heavy atom. The number of nitrogens with two attached hydrogens (primary N) is 1. The zero-order valence-electron chi connectivity index (χ0n) is 10.7. The van der Waals surface area contributed by atoms with Crippen molar-refractivity contribution >= 4 is 17.1 Å². The van der Waals surface area contributed by atoms with Gasteiger partial charge in [-0.25, -0.2) is 14.4 Å². The van der Waals surface area contributed by atoms with Gasteiger partial charge < -0.3 is 5.73 Å². The molecule has 0 fully saturated rings. The van der Waals surface area contributed by atoms with Crippen molar-refractivity contribution in [1.82, 2.24) is 14.5 Å². The highest BCUT2D eigenvalue weighted by Crippen LogP contribution is 2.27. The number of halogens is 1. The number of hydrogen-bond donors (Lipinski definition) is 1. The van der Waals surface area contributed by atoms with Gasteiger partial charge in [0.1, 0.15) is 11.3 Å². The van der Waals surface area contributed by atoms with E-state index < -0.39 is 0 Å². The third-order valence-corrected chi connectivity index (χ3v) is 3.19. The molecule has 3 rings (SSSR count). The van der Waals surface area contributed by atoms with E-state index in [2.05, 4.69) is 9.97 Å². The molecule has 0 aliphatic carbocycles. The number of aryl methyl sites for hydroxylation is 2. The Labute approximate surface area is 109 Å². The van der Waals surface area contributed by atoms with Crippen molar-refractivity contribution in [3.8, 4) is 5.69 Å². The maximum atomic E-state index is 14.1. The number of aromatic nitrogens is 3. The predicted octanol–water partition coefficient (Wildman–Crippen LogP) is 2.76. The Balaban J connectivity index is 2.44. The summed E-state index contributed by atoms with van der Waals surface area (Å²) in [5, 5.41) is 0. The maximum Gasteiger partial charge on any atom is 0.207 e. The monoisotopic (exact) mass is 256 g/mol. The van der Waals surface area contributed by atoms with Gasteiger partial charge >= 0.3 is 0 Å². The minimum Gasteiger partial charge on any atom is -0.369 e. The maximum absolute atomic E-state index is 14.1. The normalized spacial score (nSPS) is 11.1. The summed E-state index contributed by atoms with van der Waals surface area (Å²) < 4.78 is 15.7. The van der Waals surface area contributed by atoms with Crippen molar-refractivity contribution in [3.63, 3.8) is 0 Å². The summed E-state index contributed by atoms with van der Waals surface area (Å²) >= 11 is 0. The van der Waals surface area contributed by atoms with Crippen molar-refractivity contribution in [2.24, 2.45) is 0 Å². The molecule has 96 valence electrons. The highest BCUT2D eigenvalue weighted by molar-refractivity contribution is 5.80. The lowest BCUT2D eigenvalue weighted by atomic mass is 10.2. The first-order chi connectivity index (χ1) is 9.09. The van der Waals surface area contributed by atoms with E-state index in [1.54, 1.807) is 16.8 Å². The van der Waals surface area contributed by atoms with Crippen LogP contribution in [0.4, 0.5) is 10.3 Å². The van der Waals surface area contributed by atoms with Gasteiger partial charge in [-0.15, -0.1) is 0 Å². The van der Waals surface area contributed by atoms with E-state index in [4.69, 9.17) is 5.73 Å². The molecule has 0 aliphatic heterocycles. The number of anilines is 1. The second kappa shape index (κ2) is 4.05. The topological polar surface area (TPSA) is 56.7 Å². The Morgan fingerprint density at radius 2 is 1.95 bits per heavy atom.